The lowest BCUT2D eigenvalue weighted by molar-refractivity contribution is -0.0663. The molecule has 0 radical (unpaired) electrons. The second kappa shape index (κ2) is 10.7. The van der Waals surface area contributed by atoms with Gasteiger partial charge in [0.15, 0.2) is 41.6 Å². The number of anilines is 2. The van der Waals surface area contributed by atoms with Gasteiger partial charge >= 0.3 is 15.6 Å². The Balaban J connectivity index is 1.17. The summed E-state index contributed by atoms with van der Waals surface area (Å²) in [5.74, 6) is 0.0504. The van der Waals surface area contributed by atoms with E-state index in [1.54, 1.807) is 0 Å². The maximum atomic E-state index is 15.8. The molecule has 0 bridgehead atoms. The van der Waals surface area contributed by atoms with Crippen LogP contribution >= 0.6 is 15.6 Å². The fourth-order valence-corrected chi connectivity index (χ4v) is 7.13. The topological polar surface area (TPSA) is 289 Å². The Bertz CT molecular complexity index is 1700. The molecule has 24 heteroatoms. The van der Waals surface area contributed by atoms with Gasteiger partial charge in [-0.25, -0.2) is 43.4 Å². The lowest BCUT2D eigenvalue weighted by Crippen LogP contribution is -2.38. The maximum Gasteiger partial charge on any atom is 0.472 e. The minimum atomic E-state index is -5.08. The van der Waals surface area contributed by atoms with Crippen LogP contribution in [0.5, 0.6) is 0 Å². The third kappa shape index (κ3) is 5.03. The predicted octanol–water partition coefficient (Wildman–Crippen LogP) is -0.658. The number of aromatic nitrogens is 8. The highest BCUT2D eigenvalue weighted by Crippen LogP contribution is 2.54. The van der Waals surface area contributed by atoms with Crippen LogP contribution in [0.25, 0.3) is 22.3 Å². The van der Waals surface area contributed by atoms with Crippen molar-refractivity contribution in [2.45, 2.75) is 49.1 Å². The van der Waals surface area contributed by atoms with Crippen LogP contribution in [0, 0.1) is 0 Å². The van der Waals surface area contributed by atoms with E-state index in [4.69, 9.17) is 39.0 Å². The van der Waals surface area contributed by atoms with Crippen molar-refractivity contribution in [2.75, 3.05) is 24.7 Å². The van der Waals surface area contributed by atoms with Gasteiger partial charge in [0.05, 0.1) is 25.9 Å². The average Bonchev–Trinajstić information content (AvgIpc) is 3.73. The molecule has 4 aromatic rings. The number of ether oxygens (including phenoxy) is 2. The van der Waals surface area contributed by atoms with Gasteiger partial charge in [-0.3, -0.25) is 27.2 Å². The zero-order valence-corrected chi connectivity index (χ0v) is 23.7. The highest BCUT2D eigenvalue weighted by molar-refractivity contribution is 7.47. The molecule has 7 rings (SSSR count). The first-order valence-corrected chi connectivity index (χ1v) is 15.7. The number of aliphatic hydroxyl groups excluding tert-OH is 1. The molecule has 0 spiro atoms. The lowest BCUT2D eigenvalue weighted by atomic mass is 10.1. The van der Waals surface area contributed by atoms with Crippen molar-refractivity contribution < 1.29 is 56.0 Å². The van der Waals surface area contributed by atoms with Gasteiger partial charge in [0.1, 0.15) is 54.2 Å². The summed E-state index contributed by atoms with van der Waals surface area (Å²) in [5.41, 5.74) is 12.2. The second-order valence-corrected chi connectivity index (χ2v) is 12.7. The monoisotopic (exact) mass is 660 g/mol. The number of fused-ring (bicyclic) bond motifs is 4. The van der Waals surface area contributed by atoms with Crippen molar-refractivity contribution in [3.63, 3.8) is 0 Å². The minimum absolute atomic E-state index is 0.00989. The Morgan fingerprint density at radius 3 is 1.82 bits per heavy atom. The van der Waals surface area contributed by atoms with E-state index < -0.39 is 78.0 Å². The molecule has 7 heterocycles. The van der Waals surface area contributed by atoms with E-state index in [2.05, 4.69) is 29.9 Å². The van der Waals surface area contributed by atoms with Crippen molar-refractivity contribution >= 4 is 49.6 Å². The summed E-state index contributed by atoms with van der Waals surface area (Å²) in [6.45, 7) is -1.68. The van der Waals surface area contributed by atoms with Gasteiger partial charge in [0.25, 0.3) is 0 Å². The normalized spacial score (nSPS) is 38.3. The summed E-state index contributed by atoms with van der Waals surface area (Å²) in [4.78, 5) is 45.0. The van der Waals surface area contributed by atoms with Crippen molar-refractivity contribution in [2.24, 2.45) is 0 Å². The number of nitrogen functional groups attached to an aromatic ring is 2. The van der Waals surface area contributed by atoms with Crippen LogP contribution in [0.15, 0.2) is 25.3 Å². The number of halogens is 1. The SMILES string of the molecule is Nc1ncnc2c1ncn2[C@@H]1OC2COP(=O)(O)O[C@@H]3C(COP(=O)(O)O[C@H]2[C@H]1O)O[C@@H](n1cnc2c(N)ncnc21)[C@@H]3F. The minimum Gasteiger partial charge on any atom is -0.386 e. The molecule has 236 valence electrons. The van der Waals surface area contributed by atoms with E-state index in [1.165, 1.54) is 10.9 Å². The molecule has 0 aliphatic carbocycles. The smallest absolute Gasteiger partial charge is 0.386 e. The molecule has 10 atom stereocenters. The van der Waals surface area contributed by atoms with Gasteiger partial charge < -0.3 is 35.8 Å². The molecule has 3 aliphatic heterocycles. The Morgan fingerprint density at radius 2 is 1.25 bits per heavy atom. The summed E-state index contributed by atoms with van der Waals surface area (Å²) in [5, 5.41) is 11.1. The molecule has 7 N–H and O–H groups in total. The number of nitrogens with zero attached hydrogens (tertiary/aromatic N) is 8. The number of hydrogen-bond donors (Lipinski definition) is 5. The highest BCUT2D eigenvalue weighted by Gasteiger charge is 2.54. The fourth-order valence-electron chi connectivity index (χ4n) is 5.21. The molecular weight excluding hydrogens is 637 g/mol. The molecule has 44 heavy (non-hydrogen) atoms. The molecule has 4 aromatic heterocycles. The summed E-state index contributed by atoms with van der Waals surface area (Å²) < 4.78 is 76.4. The second-order valence-electron chi connectivity index (χ2n) is 9.90. The van der Waals surface area contributed by atoms with E-state index in [1.807, 2.05) is 0 Å². The number of rotatable bonds is 2. The zero-order valence-electron chi connectivity index (χ0n) is 22.0. The summed E-state index contributed by atoms with van der Waals surface area (Å²) in [6, 6.07) is 0. The van der Waals surface area contributed by atoms with Gasteiger partial charge in [-0.05, 0) is 0 Å². The lowest BCUT2D eigenvalue weighted by Gasteiger charge is -2.27. The fraction of sp³-hybridized carbons (Fsp3) is 0.500. The van der Waals surface area contributed by atoms with Gasteiger partial charge in [0.2, 0.25) is 0 Å². The predicted molar refractivity (Wildman–Crippen MR) is 139 cm³/mol. The largest absolute Gasteiger partial charge is 0.472 e. The molecule has 4 unspecified atom stereocenters. The summed E-state index contributed by atoms with van der Waals surface area (Å²) >= 11 is 0. The Kier molecular flexibility index (Phi) is 7.14. The van der Waals surface area contributed by atoms with Crippen LogP contribution in [-0.4, -0.2) is 104 Å². The van der Waals surface area contributed by atoms with Gasteiger partial charge in [-0.15, -0.1) is 0 Å². The third-order valence-electron chi connectivity index (χ3n) is 7.21. The summed E-state index contributed by atoms with van der Waals surface area (Å²) in [7, 11) is -10.1. The van der Waals surface area contributed by atoms with Crippen LogP contribution in [0.1, 0.15) is 12.5 Å². The molecule has 0 saturated carbocycles. The molecular formula is C20H23FN10O11P2. The van der Waals surface area contributed by atoms with Crippen LogP contribution in [0.2, 0.25) is 0 Å². The van der Waals surface area contributed by atoms with E-state index in [0.29, 0.717) is 0 Å². The van der Waals surface area contributed by atoms with Crippen molar-refractivity contribution in [1.29, 1.82) is 0 Å². The quantitative estimate of drug-likeness (QED) is 0.167. The van der Waals surface area contributed by atoms with Crippen molar-refractivity contribution in [3.05, 3.63) is 25.3 Å². The number of aliphatic hydroxyl groups is 1. The first-order valence-electron chi connectivity index (χ1n) is 12.7. The third-order valence-corrected chi connectivity index (χ3v) is 9.18. The number of phosphoric acid groups is 2. The van der Waals surface area contributed by atoms with Crippen molar-refractivity contribution in [3.8, 4) is 0 Å². The van der Waals surface area contributed by atoms with E-state index in [9.17, 15) is 24.0 Å². The standard InChI is InChI=1S/C20H23FN10O11P2/c21-9-13-7(39-19(9)30-5-28-10-15(22)24-3-26-17(10)30)1-37-44(35,36)42-14-8(2-38-43(33,34)41-13)40-20(12(14)32)31-6-29-11-16(23)25-4-27-18(11)31/h3-9,12-14,19-20,32H,1-2H2,(H,33,34)(H,35,36)(H2,22,24,26)(H2,23,25,27)/t7?,8?,9-,12-,13-,14-,19-,20-/m1/s1. The average molecular weight is 660 g/mol. The Hall–Kier alpha value is -3.27. The number of alkyl halides is 1. The molecule has 21 nitrogen and oxygen atoms in total. The Morgan fingerprint density at radius 1 is 0.773 bits per heavy atom. The van der Waals surface area contributed by atoms with Crippen LogP contribution in [-0.2, 0) is 36.7 Å². The Labute approximate surface area is 244 Å². The highest BCUT2D eigenvalue weighted by atomic mass is 31.2. The van der Waals surface area contributed by atoms with E-state index >= 15 is 4.39 Å². The van der Waals surface area contributed by atoms with Gasteiger partial charge in [-0.1, -0.05) is 0 Å². The molecule has 3 saturated heterocycles. The van der Waals surface area contributed by atoms with Crippen molar-refractivity contribution in [1.82, 2.24) is 39.0 Å². The molecule has 0 aromatic carbocycles. The van der Waals surface area contributed by atoms with Crippen LogP contribution < -0.4 is 11.5 Å². The first-order chi connectivity index (χ1) is 20.9. The number of nitrogens with two attached hydrogens (primary N) is 2. The van der Waals surface area contributed by atoms with E-state index in [0.717, 1.165) is 23.5 Å². The van der Waals surface area contributed by atoms with E-state index in [-0.39, 0.29) is 34.0 Å². The zero-order chi connectivity index (χ0) is 31.0. The first kappa shape index (κ1) is 29.4. The number of phosphoric ester groups is 2. The van der Waals surface area contributed by atoms with Crippen LogP contribution in [0.3, 0.4) is 0 Å². The molecule has 3 fully saturated rings. The van der Waals surface area contributed by atoms with Gasteiger partial charge in [0, 0.05) is 0 Å². The molecule has 3 aliphatic rings. The summed E-state index contributed by atoms with van der Waals surface area (Å²) in [6.07, 6.45) is -8.61. The number of hydrogen-bond acceptors (Lipinski definition) is 17. The van der Waals surface area contributed by atoms with Gasteiger partial charge in [-0.2, -0.15) is 0 Å². The number of imidazole rings is 2. The molecule has 0 amide bonds. The van der Waals surface area contributed by atoms with Crippen LogP contribution in [0.4, 0.5) is 16.0 Å². The maximum absolute atomic E-state index is 15.8.